The van der Waals surface area contributed by atoms with E-state index in [0.29, 0.717) is 0 Å². The molecular weight excluding hydrogens is 144 g/mol. The average Bonchev–Trinajstić information content (AvgIpc) is 2.62. The maximum Gasteiger partial charge on any atom is 0.0657 e. The maximum absolute atomic E-state index is 9.39. The number of aliphatic hydroxyl groups is 1. The molecule has 1 fully saturated rings. The van der Waals surface area contributed by atoms with Crippen molar-refractivity contribution in [2.24, 2.45) is 0 Å². The minimum Gasteiger partial charge on any atom is -0.390 e. The van der Waals surface area contributed by atoms with E-state index in [1.165, 1.54) is 0 Å². The van der Waals surface area contributed by atoms with Crippen LogP contribution >= 0.6 is 11.8 Å². The van der Waals surface area contributed by atoms with Gasteiger partial charge in [-0.15, -0.1) is 6.58 Å². The Labute approximate surface area is 66.5 Å². The van der Waals surface area contributed by atoms with E-state index in [1.807, 2.05) is 17.8 Å². The lowest BCUT2D eigenvalue weighted by Gasteiger charge is -2.04. The predicted octanol–water partition coefficient (Wildman–Crippen LogP) is 1.82. The van der Waals surface area contributed by atoms with Crippen LogP contribution in [0.4, 0.5) is 0 Å². The molecule has 0 bridgehead atoms. The van der Waals surface area contributed by atoms with E-state index in [-0.39, 0.29) is 5.60 Å². The van der Waals surface area contributed by atoms with Crippen molar-refractivity contribution in [2.75, 3.05) is 11.5 Å². The largest absolute Gasteiger partial charge is 0.390 e. The second-order valence-corrected chi connectivity index (χ2v) is 3.99. The Bertz CT molecular complexity index is 118. The van der Waals surface area contributed by atoms with Gasteiger partial charge in [-0.05, 0) is 25.0 Å². The van der Waals surface area contributed by atoms with Gasteiger partial charge in [-0.1, -0.05) is 6.08 Å². The number of hydrogen-bond acceptors (Lipinski definition) is 2. The second-order valence-electron chi connectivity index (χ2n) is 2.84. The molecule has 0 saturated heterocycles. The SMILES string of the molecule is C=CCSCCC1(O)CC1. The van der Waals surface area contributed by atoms with Crippen LogP contribution in [0.5, 0.6) is 0 Å². The number of rotatable bonds is 5. The zero-order chi connectivity index (χ0) is 7.45. The van der Waals surface area contributed by atoms with Crippen molar-refractivity contribution >= 4 is 11.8 Å². The molecule has 0 amide bonds. The van der Waals surface area contributed by atoms with Crippen molar-refractivity contribution in [1.82, 2.24) is 0 Å². The highest BCUT2D eigenvalue weighted by molar-refractivity contribution is 7.99. The minimum atomic E-state index is -0.256. The predicted molar refractivity (Wildman–Crippen MR) is 46.3 cm³/mol. The summed E-state index contributed by atoms with van der Waals surface area (Å²) in [5.41, 5.74) is -0.256. The normalized spacial score (nSPS) is 20.5. The summed E-state index contributed by atoms with van der Waals surface area (Å²) in [5, 5.41) is 9.39. The molecule has 58 valence electrons. The van der Waals surface area contributed by atoms with Gasteiger partial charge in [0.1, 0.15) is 0 Å². The van der Waals surface area contributed by atoms with E-state index in [0.717, 1.165) is 30.8 Å². The summed E-state index contributed by atoms with van der Waals surface area (Å²) in [6, 6.07) is 0. The third kappa shape index (κ3) is 2.76. The Kier molecular flexibility index (Phi) is 2.81. The minimum absolute atomic E-state index is 0.256. The summed E-state index contributed by atoms with van der Waals surface area (Å²) < 4.78 is 0. The van der Waals surface area contributed by atoms with Gasteiger partial charge >= 0.3 is 0 Å². The first-order valence-electron chi connectivity index (χ1n) is 3.68. The molecule has 1 rings (SSSR count). The Hall–Kier alpha value is 0.0500. The lowest BCUT2D eigenvalue weighted by atomic mass is 10.3. The van der Waals surface area contributed by atoms with Crippen LogP contribution in [0.15, 0.2) is 12.7 Å². The summed E-state index contributed by atoms with van der Waals surface area (Å²) >= 11 is 1.84. The van der Waals surface area contributed by atoms with Crippen molar-refractivity contribution in [3.05, 3.63) is 12.7 Å². The van der Waals surface area contributed by atoms with Gasteiger partial charge in [0.05, 0.1) is 5.60 Å². The van der Waals surface area contributed by atoms with Gasteiger partial charge < -0.3 is 5.11 Å². The zero-order valence-corrected chi connectivity index (χ0v) is 6.99. The molecule has 1 aliphatic rings. The van der Waals surface area contributed by atoms with Crippen LogP contribution in [-0.4, -0.2) is 22.2 Å². The van der Waals surface area contributed by atoms with Crippen LogP contribution in [-0.2, 0) is 0 Å². The molecule has 0 aliphatic heterocycles. The summed E-state index contributed by atoms with van der Waals surface area (Å²) in [5.74, 6) is 2.08. The number of hydrogen-bond donors (Lipinski definition) is 1. The maximum atomic E-state index is 9.39. The van der Waals surface area contributed by atoms with Crippen LogP contribution < -0.4 is 0 Å². The third-order valence-corrected chi connectivity index (χ3v) is 2.74. The van der Waals surface area contributed by atoms with Gasteiger partial charge in [-0.3, -0.25) is 0 Å². The molecule has 0 aromatic heterocycles. The van der Waals surface area contributed by atoms with Gasteiger partial charge in [-0.25, -0.2) is 0 Å². The topological polar surface area (TPSA) is 20.2 Å². The first-order chi connectivity index (χ1) is 4.77. The summed E-state index contributed by atoms with van der Waals surface area (Å²) in [7, 11) is 0. The Balaban J connectivity index is 1.90. The monoisotopic (exact) mass is 158 g/mol. The third-order valence-electron chi connectivity index (χ3n) is 1.77. The molecule has 1 aliphatic carbocycles. The average molecular weight is 158 g/mol. The summed E-state index contributed by atoms with van der Waals surface area (Å²) in [4.78, 5) is 0. The van der Waals surface area contributed by atoms with E-state index in [1.54, 1.807) is 0 Å². The van der Waals surface area contributed by atoms with E-state index in [2.05, 4.69) is 6.58 Å². The molecule has 2 heteroatoms. The highest BCUT2D eigenvalue weighted by Crippen LogP contribution is 2.38. The first-order valence-corrected chi connectivity index (χ1v) is 4.83. The molecule has 0 aromatic rings. The fourth-order valence-corrected chi connectivity index (χ4v) is 1.68. The van der Waals surface area contributed by atoms with E-state index in [4.69, 9.17) is 0 Å². The van der Waals surface area contributed by atoms with Gasteiger partial charge in [-0.2, -0.15) is 11.8 Å². The van der Waals surface area contributed by atoms with Gasteiger partial charge in [0.25, 0.3) is 0 Å². The van der Waals surface area contributed by atoms with Gasteiger partial charge in [0.2, 0.25) is 0 Å². The Morgan fingerprint density at radius 3 is 2.80 bits per heavy atom. The molecule has 1 N–H and O–H groups in total. The van der Waals surface area contributed by atoms with Crippen molar-refractivity contribution in [1.29, 1.82) is 0 Å². The molecule has 0 aromatic carbocycles. The Morgan fingerprint density at radius 2 is 2.30 bits per heavy atom. The standard InChI is InChI=1S/C8H14OS/c1-2-6-10-7-5-8(9)3-4-8/h2,9H,1,3-7H2. The van der Waals surface area contributed by atoms with Crippen LogP contribution in [0.2, 0.25) is 0 Å². The van der Waals surface area contributed by atoms with Crippen molar-refractivity contribution in [3.63, 3.8) is 0 Å². The lowest BCUT2D eigenvalue weighted by Crippen LogP contribution is -2.07. The van der Waals surface area contributed by atoms with E-state index < -0.39 is 0 Å². The Morgan fingerprint density at radius 1 is 1.60 bits per heavy atom. The molecule has 0 heterocycles. The van der Waals surface area contributed by atoms with Crippen LogP contribution in [0.1, 0.15) is 19.3 Å². The van der Waals surface area contributed by atoms with Crippen molar-refractivity contribution < 1.29 is 5.11 Å². The molecule has 1 saturated carbocycles. The quantitative estimate of drug-likeness (QED) is 0.486. The summed E-state index contributed by atoms with van der Waals surface area (Å²) in [6.07, 6.45) is 4.90. The van der Waals surface area contributed by atoms with E-state index >= 15 is 0 Å². The molecule has 0 atom stereocenters. The first kappa shape index (κ1) is 8.15. The zero-order valence-electron chi connectivity index (χ0n) is 6.18. The molecule has 1 nitrogen and oxygen atoms in total. The van der Waals surface area contributed by atoms with Gasteiger partial charge in [0, 0.05) is 5.75 Å². The van der Waals surface area contributed by atoms with Crippen LogP contribution in [0.3, 0.4) is 0 Å². The van der Waals surface area contributed by atoms with Crippen LogP contribution in [0, 0.1) is 0 Å². The smallest absolute Gasteiger partial charge is 0.0657 e. The number of thioether (sulfide) groups is 1. The van der Waals surface area contributed by atoms with Crippen molar-refractivity contribution in [3.8, 4) is 0 Å². The second kappa shape index (κ2) is 3.44. The van der Waals surface area contributed by atoms with Gasteiger partial charge in [0.15, 0.2) is 0 Å². The highest BCUT2D eigenvalue weighted by Gasteiger charge is 2.39. The lowest BCUT2D eigenvalue weighted by molar-refractivity contribution is 0.147. The fraction of sp³-hybridized carbons (Fsp3) is 0.750. The summed E-state index contributed by atoms with van der Waals surface area (Å²) in [6.45, 7) is 3.63. The fourth-order valence-electron chi connectivity index (χ4n) is 0.823. The van der Waals surface area contributed by atoms with Crippen LogP contribution in [0.25, 0.3) is 0 Å². The molecule has 0 unspecified atom stereocenters. The van der Waals surface area contributed by atoms with Crippen molar-refractivity contribution in [2.45, 2.75) is 24.9 Å². The van der Waals surface area contributed by atoms with E-state index in [9.17, 15) is 5.11 Å². The molecule has 10 heavy (non-hydrogen) atoms. The molecular formula is C8H14OS. The highest BCUT2D eigenvalue weighted by atomic mass is 32.2. The molecule has 0 radical (unpaired) electrons. The molecule has 0 spiro atoms.